The zero-order chi connectivity index (χ0) is 28.1. The van der Waals surface area contributed by atoms with Gasteiger partial charge in [-0.1, -0.05) is 97.1 Å². The standard InChI is InChI=1S/C38H21N3S2/c1-5-16-29-26(12-1)35(28-15-9-14-24-22-10-3-7-18-32(22)42-36(24)28)40-38(39-29)41-30-17-6-2-13-27(30)34-31(41)21-20-25-23-11-4-8-19-33(23)43-37(25)34/h1-21H. The molecular weight excluding hydrogens is 563 g/mol. The van der Waals surface area contributed by atoms with E-state index in [9.17, 15) is 0 Å². The van der Waals surface area contributed by atoms with Gasteiger partial charge in [-0.2, -0.15) is 0 Å². The van der Waals surface area contributed by atoms with E-state index < -0.39 is 0 Å². The van der Waals surface area contributed by atoms with Crippen LogP contribution in [0, 0.1) is 0 Å². The molecule has 0 saturated carbocycles. The van der Waals surface area contributed by atoms with Gasteiger partial charge in [0, 0.05) is 62.1 Å². The fourth-order valence-electron chi connectivity index (χ4n) is 6.75. The summed E-state index contributed by atoms with van der Waals surface area (Å²) in [6, 6.07) is 45.6. The zero-order valence-corrected chi connectivity index (χ0v) is 24.4. The Kier molecular flexibility index (Phi) is 4.75. The number of fused-ring (bicyclic) bond motifs is 11. The molecule has 10 aromatic rings. The molecule has 0 N–H and O–H groups in total. The van der Waals surface area contributed by atoms with Crippen molar-refractivity contribution in [2.24, 2.45) is 0 Å². The third-order valence-electron chi connectivity index (χ3n) is 8.63. The highest BCUT2D eigenvalue weighted by Gasteiger charge is 2.21. The van der Waals surface area contributed by atoms with Crippen LogP contribution in [0.15, 0.2) is 127 Å². The van der Waals surface area contributed by atoms with Crippen LogP contribution in [0.5, 0.6) is 0 Å². The fraction of sp³-hybridized carbons (Fsp3) is 0. The molecule has 0 atom stereocenters. The van der Waals surface area contributed by atoms with Crippen LogP contribution >= 0.6 is 22.7 Å². The normalized spacial score (nSPS) is 12.2. The summed E-state index contributed by atoms with van der Waals surface area (Å²) in [4.78, 5) is 10.6. The van der Waals surface area contributed by atoms with Gasteiger partial charge in [-0.3, -0.25) is 4.57 Å². The zero-order valence-electron chi connectivity index (χ0n) is 22.8. The van der Waals surface area contributed by atoms with Crippen LogP contribution in [0.25, 0.3) is 90.3 Å². The monoisotopic (exact) mass is 583 g/mol. The van der Waals surface area contributed by atoms with Gasteiger partial charge >= 0.3 is 0 Å². The molecule has 0 bridgehead atoms. The van der Waals surface area contributed by atoms with Gasteiger partial charge in [0.05, 0.1) is 22.2 Å². The minimum atomic E-state index is 0.693. The molecule has 0 saturated heterocycles. The lowest BCUT2D eigenvalue weighted by Crippen LogP contribution is -2.03. The molecule has 0 radical (unpaired) electrons. The lowest BCUT2D eigenvalue weighted by Gasteiger charge is -2.12. The van der Waals surface area contributed by atoms with Gasteiger partial charge in [-0.05, 0) is 30.3 Å². The number of hydrogen-bond donors (Lipinski definition) is 0. The van der Waals surface area contributed by atoms with Crippen molar-refractivity contribution >= 4 is 95.7 Å². The van der Waals surface area contributed by atoms with E-state index in [1.54, 1.807) is 0 Å². The van der Waals surface area contributed by atoms with Crippen LogP contribution in [-0.2, 0) is 0 Å². The molecule has 10 rings (SSSR count). The topological polar surface area (TPSA) is 30.7 Å². The molecule has 0 aliphatic rings. The maximum Gasteiger partial charge on any atom is 0.235 e. The predicted molar refractivity (Wildman–Crippen MR) is 185 cm³/mol. The highest BCUT2D eigenvalue weighted by atomic mass is 32.1. The van der Waals surface area contributed by atoms with Crippen molar-refractivity contribution in [1.82, 2.24) is 14.5 Å². The highest BCUT2D eigenvalue weighted by Crippen LogP contribution is 2.44. The first-order chi connectivity index (χ1) is 21.3. The van der Waals surface area contributed by atoms with E-state index in [1.165, 1.54) is 51.1 Å². The Morgan fingerprint density at radius 1 is 0.442 bits per heavy atom. The Balaban J connectivity index is 1.33. The van der Waals surface area contributed by atoms with Crippen molar-refractivity contribution in [3.63, 3.8) is 0 Å². The smallest absolute Gasteiger partial charge is 0.235 e. The number of thiophene rings is 2. The Hall–Kier alpha value is -5.10. The van der Waals surface area contributed by atoms with Crippen molar-refractivity contribution in [1.29, 1.82) is 0 Å². The first-order valence-corrected chi connectivity index (χ1v) is 16.0. The Bertz CT molecular complexity index is 2750. The Labute approximate surface area is 253 Å². The number of benzene rings is 6. The van der Waals surface area contributed by atoms with Crippen molar-refractivity contribution in [3.05, 3.63) is 127 Å². The summed E-state index contributed by atoms with van der Waals surface area (Å²) in [5.41, 5.74) is 5.29. The summed E-state index contributed by atoms with van der Waals surface area (Å²) in [6.45, 7) is 0. The van der Waals surface area contributed by atoms with Crippen LogP contribution in [-0.4, -0.2) is 14.5 Å². The van der Waals surface area contributed by atoms with Crippen LogP contribution < -0.4 is 0 Å². The summed E-state index contributed by atoms with van der Waals surface area (Å²) < 4.78 is 7.42. The van der Waals surface area contributed by atoms with Gasteiger partial charge in [-0.15, -0.1) is 22.7 Å². The van der Waals surface area contributed by atoms with E-state index >= 15 is 0 Å². The van der Waals surface area contributed by atoms with Crippen molar-refractivity contribution < 1.29 is 0 Å². The summed E-state index contributed by atoms with van der Waals surface area (Å²) in [6.07, 6.45) is 0. The van der Waals surface area contributed by atoms with Gasteiger partial charge in [0.15, 0.2) is 0 Å². The van der Waals surface area contributed by atoms with Gasteiger partial charge in [0.1, 0.15) is 0 Å². The van der Waals surface area contributed by atoms with E-state index in [2.05, 4.69) is 132 Å². The molecule has 43 heavy (non-hydrogen) atoms. The fourth-order valence-corrected chi connectivity index (χ4v) is 9.23. The molecule has 4 heterocycles. The molecule has 0 unspecified atom stereocenters. The van der Waals surface area contributed by atoms with Crippen molar-refractivity contribution in [2.45, 2.75) is 0 Å². The minimum absolute atomic E-state index is 0.693. The number of nitrogens with zero attached hydrogens (tertiary/aromatic N) is 3. The van der Waals surface area contributed by atoms with Gasteiger partial charge in [0.2, 0.25) is 5.95 Å². The summed E-state index contributed by atoms with van der Waals surface area (Å²) in [7, 11) is 0. The maximum absolute atomic E-state index is 5.42. The average Bonchev–Trinajstić information content (AvgIpc) is 3.73. The third-order valence-corrected chi connectivity index (χ3v) is 11.1. The second kappa shape index (κ2) is 8.71. The Morgan fingerprint density at radius 3 is 1.88 bits per heavy atom. The second-order valence-electron chi connectivity index (χ2n) is 11.0. The largest absolute Gasteiger partial charge is 0.278 e. The first-order valence-electron chi connectivity index (χ1n) is 14.3. The summed E-state index contributed by atoms with van der Waals surface area (Å²) >= 11 is 3.71. The van der Waals surface area contributed by atoms with Gasteiger partial charge in [0.25, 0.3) is 0 Å². The molecular formula is C38H21N3S2. The van der Waals surface area contributed by atoms with Crippen LogP contribution in [0.4, 0.5) is 0 Å². The van der Waals surface area contributed by atoms with Crippen LogP contribution in [0.2, 0.25) is 0 Å². The van der Waals surface area contributed by atoms with Gasteiger partial charge < -0.3 is 0 Å². The van der Waals surface area contributed by atoms with E-state index in [1.807, 2.05) is 22.7 Å². The van der Waals surface area contributed by atoms with E-state index in [-0.39, 0.29) is 0 Å². The quantitative estimate of drug-likeness (QED) is 0.203. The molecule has 3 nitrogen and oxygen atoms in total. The molecule has 0 fully saturated rings. The molecule has 4 aromatic heterocycles. The number of aromatic nitrogens is 3. The first kappa shape index (κ1) is 23.5. The van der Waals surface area contributed by atoms with Crippen molar-refractivity contribution in [2.75, 3.05) is 0 Å². The van der Waals surface area contributed by atoms with E-state index in [4.69, 9.17) is 9.97 Å². The molecule has 0 spiro atoms. The highest BCUT2D eigenvalue weighted by molar-refractivity contribution is 7.27. The number of para-hydroxylation sites is 2. The lowest BCUT2D eigenvalue weighted by atomic mass is 10.0. The lowest BCUT2D eigenvalue weighted by molar-refractivity contribution is 1.01. The molecule has 0 amide bonds. The minimum Gasteiger partial charge on any atom is -0.278 e. The number of rotatable bonds is 2. The van der Waals surface area contributed by atoms with Crippen LogP contribution in [0.1, 0.15) is 0 Å². The predicted octanol–water partition coefficient (Wildman–Crippen LogP) is 11.1. The SMILES string of the molecule is c1ccc2c(-c3cccc4c3sc3ccccc34)nc(-n3c4ccccc4c4c5sc6ccccc6c5ccc43)nc2c1. The Morgan fingerprint density at radius 2 is 1.07 bits per heavy atom. The second-order valence-corrected chi connectivity index (χ2v) is 13.1. The summed E-state index contributed by atoms with van der Waals surface area (Å²) in [5, 5.41) is 8.71. The van der Waals surface area contributed by atoms with E-state index in [0.717, 1.165) is 33.2 Å². The average molecular weight is 584 g/mol. The molecule has 200 valence electrons. The van der Waals surface area contributed by atoms with E-state index in [0.29, 0.717) is 5.95 Å². The van der Waals surface area contributed by atoms with Crippen molar-refractivity contribution in [3.8, 4) is 17.2 Å². The molecule has 0 aliphatic carbocycles. The van der Waals surface area contributed by atoms with Crippen LogP contribution in [0.3, 0.4) is 0 Å². The van der Waals surface area contributed by atoms with Gasteiger partial charge in [-0.25, -0.2) is 9.97 Å². The summed E-state index contributed by atoms with van der Waals surface area (Å²) in [5.74, 6) is 0.693. The maximum atomic E-state index is 5.42. The third kappa shape index (κ3) is 3.23. The molecule has 0 aliphatic heterocycles. The number of hydrogen-bond acceptors (Lipinski definition) is 4. The molecule has 5 heteroatoms. The molecule has 6 aromatic carbocycles.